The zero-order valence-electron chi connectivity index (χ0n) is 9.67. The minimum atomic E-state index is 0.426. The van der Waals surface area contributed by atoms with E-state index in [0.717, 1.165) is 35.6 Å². The number of aryl methyl sites for hydroxylation is 2. The van der Waals surface area contributed by atoms with Gasteiger partial charge in [-0.05, 0) is 26.7 Å². The summed E-state index contributed by atoms with van der Waals surface area (Å²) < 4.78 is 1.73. The van der Waals surface area contributed by atoms with Gasteiger partial charge in [0.25, 0.3) is 0 Å². The monoisotopic (exact) mass is 248 g/mol. The van der Waals surface area contributed by atoms with Crippen molar-refractivity contribution in [3.8, 4) is 5.13 Å². The Bertz CT molecular complexity index is 563. The molecule has 1 aliphatic rings. The van der Waals surface area contributed by atoms with Crippen molar-refractivity contribution in [1.29, 1.82) is 0 Å². The van der Waals surface area contributed by atoms with Crippen LogP contribution in [-0.2, 0) is 0 Å². The molecule has 88 valence electrons. The Hall–Kier alpha value is -1.56. The van der Waals surface area contributed by atoms with Gasteiger partial charge in [-0.2, -0.15) is 4.68 Å². The molecule has 0 saturated heterocycles. The summed E-state index contributed by atoms with van der Waals surface area (Å²) in [6, 6.07) is 0. The Balaban J connectivity index is 2.13. The normalized spacial score (nSPS) is 15.2. The average molecular weight is 248 g/mol. The Kier molecular flexibility index (Phi) is 2.32. The summed E-state index contributed by atoms with van der Waals surface area (Å²) in [6.07, 6.45) is 3.00. The quantitative estimate of drug-likeness (QED) is 0.780. The summed E-state index contributed by atoms with van der Waals surface area (Å²) in [5.74, 6) is 0.426. The predicted octanol–water partition coefficient (Wildman–Crippen LogP) is 2.03. The highest BCUT2D eigenvalue weighted by atomic mass is 32.1. The van der Waals surface area contributed by atoms with Crippen molar-refractivity contribution in [3.63, 3.8) is 0 Å². The minimum absolute atomic E-state index is 0.426. The van der Waals surface area contributed by atoms with E-state index in [1.54, 1.807) is 16.0 Å². The minimum Gasteiger partial charge on any atom is -0.296 e. The van der Waals surface area contributed by atoms with Crippen molar-refractivity contribution < 1.29 is 4.79 Å². The number of carbonyl (C=O) groups is 1. The molecule has 0 radical (unpaired) electrons. The first-order valence-corrected chi connectivity index (χ1v) is 6.37. The molecule has 0 bridgehead atoms. The van der Waals surface area contributed by atoms with Gasteiger partial charge >= 0.3 is 0 Å². The fourth-order valence-corrected chi connectivity index (χ4v) is 2.68. The molecule has 6 heteroatoms. The summed E-state index contributed by atoms with van der Waals surface area (Å²) in [7, 11) is 0. The number of rotatable bonds is 3. The van der Waals surface area contributed by atoms with Crippen molar-refractivity contribution in [2.24, 2.45) is 0 Å². The van der Waals surface area contributed by atoms with Crippen molar-refractivity contribution in [1.82, 2.24) is 20.0 Å². The Morgan fingerprint density at radius 3 is 2.71 bits per heavy atom. The molecular weight excluding hydrogens is 236 g/mol. The molecule has 5 nitrogen and oxygen atoms in total. The fraction of sp³-hybridized carbons (Fsp3) is 0.455. The lowest BCUT2D eigenvalue weighted by molar-refractivity contribution is 0.111. The predicted molar refractivity (Wildman–Crippen MR) is 63.9 cm³/mol. The van der Waals surface area contributed by atoms with Gasteiger partial charge in [0.1, 0.15) is 5.69 Å². The van der Waals surface area contributed by atoms with Gasteiger partial charge in [0, 0.05) is 10.8 Å². The topological polar surface area (TPSA) is 60.7 Å². The van der Waals surface area contributed by atoms with Crippen LogP contribution in [0.15, 0.2) is 0 Å². The number of hydrogen-bond acceptors (Lipinski definition) is 5. The van der Waals surface area contributed by atoms with Gasteiger partial charge < -0.3 is 0 Å². The molecule has 3 rings (SSSR count). The van der Waals surface area contributed by atoms with Crippen LogP contribution in [0.4, 0.5) is 0 Å². The van der Waals surface area contributed by atoms with Crippen LogP contribution >= 0.6 is 11.3 Å². The van der Waals surface area contributed by atoms with Gasteiger partial charge in [0.05, 0.1) is 11.4 Å². The first-order valence-electron chi connectivity index (χ1n) is 5.56. The lowest BCUT2D eigenvalue weighted by Gasteiger charge is -2.00. The van der Waals surface area contributed by atoms with E-state index in [1.807, 2.05) is 13.8 Å². The lowest BCUT2D eigenvalue weighted by atomic mass is 10.2. The maximum Gasteiger partial charge on any atom is 0.212 e. The second-order valence-corrected chi connectivity index (χ2v) is 5.48. The summed E-state index contributed by atoms with van der Waals surface area (Å²) in [5, 5.41) is 8.79. The fourth-order valence-electron chi connectivity index (χ4n) is 1.81. The number of hydrogen-bond donors (Lipinski definition) is 0. The summed E-state index contributed by atoms with van der Waals surface area (Å²) in [6.45, 7) is 4.01. The van der Waals surface area contributed by atoms with Gasteiger partial charge in [0.15, 0.2) is 6.29 Å². The van der Waals surface area contributed by atoms with E-state index >= 15 is 0 Å². The Labute approximate surface area is 102 Å². The second kappa shape index (κ2) is 3.73. The number of nitrogens with zero attached hydrogens (tertiary/aromatic N) is 4. The van der Waals surface area contributed by atoms with Gasteiger partial charge in [0.2, 0.25) is 5.13 Å². The van der Waals surface area contributed by atoms with Gasteiger partial charge in [-0.25, -0.2) is 4.98 Å². The maximum absolute atomic E-state index is 10.9. The lowest BCUT2D eigenvalue weighted by Crippen LogP contribution is -2.02. The molecular formula is C11H12N4OS. The molecule has 0 N–H and O–H groups in total. The van der Waals surface area contributed by atoms with E-state index in [9.17, 15) is 4.79 Å². The van der Waals surface area contributed by atoms with Gasteiger partial charge in [-0.15, -0.1) is 5.10 Å². The largest absolute Gasteiger partial charge is 0.296 e. The van der Waals surface area contributed by atoms with Crippen LogP contribution < -0.4 is 0 Å². The molecule has 0 aromatic carbocycles. The molecule has 2 aromatic heterocycles. The first kappa shape index (κ1) is 10.6. The molecule has 1 fully saturated rings. The van der Waals surface area contributed by atoms with Crippen LogP contribution in [0.3, 0.4) is 0 Å². The highest BCUT2D eigenvalue weighted by molar-refractivity contribution is 7.14. The van der Waals surface area contributed by atoms with E-state index in [2.05, 4.69) is 15.3 Å². The van der Waals surface area contributed by atoms with E-state index in [0.29, 0.717) is 11.6 Å². The zero-order chi connectivity index (χ0) is 12.0. The third kappa shape index (κ3) is 1.68. The van der Waals surface area contributed by atoms with E-state index in [4.69, 9.17) is 0 Å². The number of aromatic nitrogens is 4. The number of aldehydes is 1. The smallest absolute Gasteiger partial charge is 0.212 e. The van der Waals surface area contributed by atoms with Crippen LogP contribution in [-0.4, -0.2) is 26.3 Å². The van der Waals surface area contributed by atoms with Crippen molar-refractivity contribution in [3.05, 3.63) is 22.0 Å². The molecule has 1 saturated carbocycles. The van der Waals surface area contributed by atoms with Gasteiger partial charge in [-0.3, -0.25) is 4.79 Å². The molecule has 17 heavy (non-hydrogen) atoms. The van der Waals surface area contributed by atoms with Crippen LogP contribution in [0.5, 0.6) is 0 Å². The van der Waals surface area contributed by atoms with E-state index < -0.39 is 0 Å². The van der Waals surface area contributed by atoms with Crippen LogP contribution in [0.1, 0.15) is 45.5 Å². The standard InChI is InChI=1S/C11H12N4OS/c1-6-7(2)17-11(12-6)15-10(8-3-4-8)9(5-16)13-14-15/h5,8H,3-4H2,1-2H3. The second-order valence-electron chi connectivity index (χ2n) is 4.30. The molecule has 2 aromatic rings. The molecule has 2 heterocycles. The number of carbonyl (C=O) groups excluding carboxylic acids is 1. The molecule has 1 aliphatic carbocycles. The summed E-state index contributed by atoms with van der Waals surface area (Å²) in [5.41, 5.74) is 2.39. The molecule has 0 atom stereocenters. The summed E-state index contributed by atoms with van der Waals surface area (Å²) in [4.78, 5) is 16.6. The van der Waals surface area contributed by atoms with Crippen molar-refractivity contribution >= 4 is 17.6 Å². The molecule has 0 aliphatic heterocycles. The molecule has 0 unspecified atom stereocenters. The zero-order valence-corrected chi connectivity index (χ0v) is 10.5. The highest BCUT2D eigenvalue weighted by Gasteiger charge is 2.32. The summed E-state index contributed by atoms with van der Waals surface area (Å²) >= 11 is 1.58. The SMILES string of the molecule is Cc1nc(-n2nnc(C=O)c2C2CC2)sc1C. The number of thiazole rings is 1. The van der Waals surface area contributed by atoms with Crippen molar-refractivity contribution in [2.45, 2.75) is 32.6 Å². The average Bonchev–Trinajstić information content (AvgIpc) is 2.98. The molecule has 0 spiro atoms. The van der Waals surface area contributed by atoms with Crippen LogP contribution in [0, 0.1) is 13.8 Å². The van der Waals surface area contributed by atoms with Crippen LogP contribution in [0.2, 0.25) is 0 Å². The third-order valence-corrected chi connectivity index (χ3v) is 4.06. The van der Waals surface area contributed by atoms with E-state index in [1.165, 1.54) is 4.88 Å². The Morgan fingerprint density at radius 2 is 2.18 bits per heavy atom. The Morgan fingerprint density at radius 1 is 1.41 bits per heavy atom. The van der Waals surface area contributed by atoms with Crippen molar-refractivity contribution in [2.75, 3.05) is 0 Å². The highest BCUT2D eigenvalue weighted by Crippen LogP contribution is 2.41. The van der Waals surface area contributed by atoms with Crippen LogP contribution in [0.25, 0.3) is 5.13 Å². The maximum atomic E-state index is 10.9. The molecule has 0 amide bonds. The first-order chi connectivity index (χ1) is 8.20. The van der Waals surface area contributed by atoms with Gasteiger partial charge in [-0.1, -0.05) is 16.6 Å². The van der Waals surface area contributed by atoms with E-state index in [-0.39, 0.29) is 0 Å². The third-order valence-electron chi connectivity index (χ3n) is 3.01.